The summed E-state index contributed by atoms with van der Waals surface area (Å²) in [6.07, 6.45) is 3.36. The number of carbonyl (C=O) groups excluding carboxylic acids is 2. The number of aromatic nitrogens is 2. The highest BCUT2D eigenvalue weighted by molar-refractivity contribution is 5.73. The maximum absolute atomic E-state index is 11.1. The molecule has 0 spiro atoms. The van der Waals surface area contributed by atoms with Crippen molar-refractivity contribution in [1.29, 1.82) is 0 Å². The highest BCUT2D eigenvalue weighted by Gasteiger charge is 2.13. The largest absolute Gasteiger partial charge is 0.482 e. The maximum atomic E-state index is 11.1. The van der Waals surface area contributed by atoms with Gasteiger partial charge in [0.05, 0.1) is 25.2 Å². The van der Waals surface area contributed by atoms with Crippen LogP contribution in [0.15, 0.2) is 73.1 Å². The molecule has 0 atom stereocenters. The molecular formula is C30H30N4O8. The minimum atomic E-state index is -0.562. The molecule has 0 aliphatic heterocycles. The van der Waals surface area contributed by atoms with E-state index in [1.807, 2.05) is 44.2 Å². The highest BCUT2D eigenvalue weighted by atomic mass is 16.6. The lowest BCUT2D eigenvalue weighted by molar-refractivity contribution is -0.384. The molecule has 2 N–H and O–H groups in total. The van der Waals surface area contributed by atoms with Crippen LogP contribution >= 0.6 is 0 Å². The normalized spacial score (nSPS) is 10.1. The lowest BCUT2D eigenvalue weighted by Gasteiger charge is -2.09. The molecule has 12 nitrogen and oxygen atoms in total. The summed E-state index contributed by atoms with van der Waals surface area (Å²) in [4.78, 5) is 41.0. The molecule has 4 rings (SSSR count). The van der Waals surface area contributed by atoms with E-state index in [0.29, 0.717) is 17.0 Å². The Morgan fingerprint density at radius 3 is 1.67 bits per heavy atom. The number of benzene rings is 2. The van der Waals surface area contributed by atoms with Crippen molar-refractivity contribution < 1.29 is 33.5 Å². The van der Waals surface area contributed by atoms with Gasteiger partial charge >= 0.3 is 11.9 Å². The smallest absolute Gasteiger partial charge is 0.343 e. The lowest BCUT2D eigenvalue weighted by atomic mass is 10.1. The molecule has 0 aliphatic rings. The molecule has 0 saturated carbocycles. The Kier molecular flexibility index (Phi) is 10.9. The van der Waals surface area contributed by atoms with Gasteiger partial charge in [-0.3, -0.25) is 20.1 Å². The average Bonchev–Trinajstić information content (AvgIpc) is 2.98. The van der Waals surface area contributed by atoms with Gasteiger partial charge in [0.2, 0.25) is 0 Å². The van der Waals surface area contributed by atoms with E-state index in [0.717, 1.165) is 28.1 Å². The average molecular weight is 575 g/mol. The van der Waals surface area contributed by atoms with Gasteiger partial charge in [0.1, 0.15) is 11.5 Å². The van der Waals surface area contributed by atoms with Gasteiger partial charge in [-0.1, -0.05) is 0 Å². The Morgan fingerprint density at radius 2 is 1.21 bits per heavy atom. The fourth-order valence-electron chi connectivity index (χ4n) is 3.66. The van der Waals surface area contributed by atoms with E-state index in [9.17, 15) is 19.7 Å². The second-order valence-electron chi connectivity index (χ2n) is 8.86. The number of nitrogens with zero attached hydrogens (tertiary/aromatic N) is 3. The molecule has 0 radical (unpaired) electrons. The molecule has 0 aliphatic carbocycles. The quantitative estimate of drug-likeness (QED) is 0.127. The third-order valence-electron chi connectivity index (χ3n) is 5.66. The number of hydrogen-bond donors (Lipinski definition) is 1. The van der Waals surface area contributed by atoms with Crippen LogP contribution in [0.3, 0.4) is 0 Å². The zero-order valence-electron chi connectivity index (χ0n) is 23.5. The van der Waals surface area contributed by atoms with Gasteiger partial charge in [0, 0.05) is 41.6 Å². The Balaban J connectivity index is 0.000000231. The molecule has 0 fully saturated rings. The molecule has 0 unspecified atom stereocenters. The number of hydrogen-bond acceptors (Lipinski definition) is 11. The number of pyridine rings is 2. The number of nitrogens with two attached hydrogens (primary N) is 1. The predicted octanol–water partition coefficient (Wildman–Crippen LogP) is 4.71. The van der Waals surface area contributed by atoms with Crippen molar-refractivity contribution in [3.8, 4) is 33.8 Å². The first-order chi connectivity index (χ1) is 20.1. The zero-order valence-corrected chi connectivity index (χ0v) is 23.5. The molecule has 0 bridgehead atoms. The Morgan fingerprint density at radius 1 is 0.738 bits per heavy atom. The molecule has 2 heterocycles. The van der Waals surface area contributed by atoms with E-state index in [1.54, 1.807) is 30.6 Å². The Bertz CT molecular complexity index is 1570. The molecule has 218 valence electrons. The van der Waals surface area contributed by atoms with E-state index in [-0.39, 0.29) is 24.7 Å². The van der Waals surface area contributed by atoms with Gasteiger partial charge in [-0.25, -0.2) is 9.59 Å². The van der Waals surface area contributed by atoms with Crippen molar-refractivity contribution in [2.45, 2.75) is 13.8 Å². The number of rotatable bonds is 9. The van der Waals surface area contributed by atoms with Gasteiger partial charge < -0.3 is 24.7 Å². The summed E-state index contributed by atoms with van der Waals surface area (Å²) < 4.78 is 19.6. The van der Waals surface area contributed by atoms with Crippen molar-refractivity contribution in [3.63, 3.8) is 0 Å². The first-order valence-corrected chi connectivity index (χ1v) is 12.5. The highest BCUT2D eigenvalue weighted by Crippen LogP contribution is 2.30. The second-order valence-corrected chi connectivity index (χ2v) is 8.86. The van der Waals surface area contributed by atoms with Crippen LogP contribution in [-0.2, 0) is 19.1 Å². The maximum Gasteiger partial charge on any atom is 0.343 e. The van der Waals surface area contributed by atoms with Crippen LogP contribution in [0.4, 0.5) is 11.4 Å². The minimum Gasteiger partial charge on any atom is -0.482 e. The monoisotopic (exact) mass is 574 g/mol. The van der Waals surface area contributed by atoms with E-state index in [1.165, 1.54) is 26.4 Å². The zero-order chi connectivity index (χ0) is 30.6. The molecule has 0 saturated heterocycles. The number of esters is 2. The van der Waals surface area contributed by atoms with Crippen LogP contribution in [0.5, 0.6) is 11.5 Å². The van der Waals surface area contributed by atoms with E-state index in [4.69, 9.17) is 15.2 Å². The molecule has 4 aromatic rings. The molecule has 2 aromatic heterocycles. The van der Waals surface area contributed by atoms with E-state index in [2.05, 4.69) is 19.4 Å². The number of nitrogen functional groups attached to an aromatic ring is 1. The van der Waals surface area contributed by atoms with E-state index >= 15 is 0 Å². The number of aryl methyl sites for hydroxylation is 2. The third-order valence-corrected chi connectivity index (χ3v) is 5.66. The fraction of sp³-hybridized carbons (Fsp3) is 0.200. The number of nitro benzene ring substituents is 1. The van der Waals surface area contributed by atoms with Crippen molar-refractivity contribution in [2.24, 2.45) is 0 Å². The van der Waals surface area contributed by atoms with E-state index < -0.39 is 16.9 Å². The van der Waals surface area contributed by atoms with Crippen molar-refractivity contribution in [2.75, 3.05) is 33.2 Å². The van der Waals surface area contributed by atoms with Crippen molar-refractivity contribution in [1.82, 2.24) is 9.97 Å². The second kappa shape index (κ2) is 14.7. The molecule has 42 heavy (non-hydrogen) atoms. The van der Waals surface area contributed by atoms with Gasteiger partial charge in [-0.15, -0.1) is 0 Å². The summed E-state index contributed by atoms with van der Waals surface area (Å²) in [5, 5.41) is 11.0. The minimum absolute atomic E-state index is 0.119. The van der Waals surface area contributed by atoms with Crippen molar-refractivity contribution >= 4 is 23.3 Å². The third kappa shape index (κ3) is 9.30. The summed E-state index contributed by atoms with van der Waals surface area (Å²) >= 11 is 0. The Hall–Kier alpha value is -5.52. The van der Waals surface area contributed by atoms with Crippen LogP contribution < -0.4 is 15.2 Å². The fourth-order valence-corrected chi connectivity index (χ4v) is 3.66. The van der Waals surface area contributed by atoms with Crippen LogP contribution in [0.25, 0.3) is 22.3 Å². The molecule has 12 heteroatoms. The summed E-state index contributed by atoms with van der Waals surface area (Å²) in [6.45, 7) is 3.29. The van der Waals surface area contributed by atoms with Crippen LogP contribution in [0.2, 0.25) is 0 Å². The molecular weight excluding hydrogens is 544 g/mol. The number of methoxy groups -OCH3 is 2. The first-order valence-electron chi connectivity index (χ1n) is 12.5. The Labute approximate surface area is 242 Å². The van der Waals surface area contributed by atoms with Crippen LogP contribution in [0.1, 0.15) is 11.4 Å². The summed E-state index contributed by atoms with van der Waals surface area (Å²) in [7, 11) is 2.56. The summed E-state index contributed by atoms with van der Waals surface area (Å²) in [5.41, 5.74) is 11.3. The standard InChI is InChI=1S/C15H14N2O5.C15H16N2O3/c1-10-5-11(3-4-16-10)12-6-13(17(19)20)8-14(7-12)22-9-15(18)21-2;1-10-5-11(3-4-17-10)12-6-13(16)8-14(7-12)20-9-15(18)19-2/h3-8H,9H2,1-2H3;3-8H,9,16H2,1-2H3. The number of carbonyl (C=O) groups is 2. The number of non-ortho nitro benzene ring substituents is 1. The molecule has 0 amide bonds. The SMILES string of the molecule is COC(=O)COc1cc(-c2ccnc(C)c2)cc([N+](=O)[O-])c1.COC(=O)COc1cc(N)cc(-c2ccnc(C)c2)c1. The van der Waals surface area contributed by atoms with Crippen LogP contribution in [-0.4, -0.2) is 54.3 Å². The van der Waals surface area contributed by atoms with Gasteiger partial charge in [0.25, 0.3) is 5.69 Å². The number of anilines is 1. The topological polar surface area (TPSA) is 166 Å². The van der Waals surface area contributed by atoms with Gasteiger partial charge in [-0.05, 0) is 78.6 Å². The first kappa shape index (κ1) is 31.0. The predicted molar refractivity (Wildman–Crippen MR) is 155 cm³/mol. The summed E-state index contributed by atoms with van der Waals surface area (Å²) in [6, 6.07) is 17.1. The lowest BCUT2D eigenvalue weighted by Crippen LogP contribution is -2.12. The molecule has 2 aromatic carbocycles. The van der Waals surface area contributed by atoms with Gasteiger partial charge in [-0.2, -0.15) is 0 Å². The van der Waals surface area contributed by atoms with Gasteiger partial charge in [0.15, 0.2) is 13.2 Å². The van der Waals surface area contributed by atoms with Crippen molar-refractivity contribution in [3.05, 3.63) is 94.6 Å². The number of nitro groups is 1. The number of ether oxygens (including phenoxy) is 4. The van der Waals surface area contributed by atoms with Crippen LogP contribution in [0, 0.1) is 24.0 Å². The summed E-state index contributed by atoms with van der Waals surface area (Å²) in [5.74, 6) is -0.245.